The number of carbonyl (C=O) groups excluding carboxylic acids is 1. The zero-order chi connectivity index (χ0) is 22.7. The number of hydrogen-bond donors (Lipinski definition) is 0. The second-order valence-electron chi connectivity index (χ2n) is 8.13. The minimum atomic E-state index is -4.47. The van der Waals surface area contributed by atoms with E-state index in [0.29, 0.717) is 26.2 Å². The van der Waals surface area contributed by atoms with Crippen LogP contribution in [0.1, 0.15) is 38.7 Å². The molecular formula is C26H25F3N2O. The molecule has 0 aliphatic carbocycles. The van der Waals surface area contributed by atoms with E-state index in [2.05, 4.69) is 48.2 Å². The molecule has 0 radical (unpaired) electrons. The average molecular weight is 438 g/mol. The number of carbonyl (C=O) groups is 1. The quantitative estimate of drug-likeness (QED) is 0.532. The molecule has 4 rings (SSSR count). The standard InChI is InChI=1S/C26H25F3N2O/c1-19-10-12-21(13-11-19)24(20-6-3-2-4-7-20)30-14-16-31(17-15-30)25(32)22-8-5-9-23(18-22)26(27,28)29/h2-13,18,24H,14-17H2,1H3/t24-/m1/s1. The Balaban J connectivity index is 1.51. The van der Waals surface area contributed by atoms with E-state index in [-0.39, 0.29) is 17.5 Å². The molecule has 3 aromatic carbocycles. The first-order valence-electron chi connectivity index (χ1n) is 10.6. The first-order valence-corrected chi connectivity index (χ1v) is 10.6. The zero-order valence-corrected chi connectivity index (χ0v) is 17.8. The molecule has 1 amide bonds. The van der Waals surface area contributed by atoms with Crippen molar-refractivity contribution in [3.8, 4) is 0 Å². The average Bonchev–Trinajstić information content (AvgIpc) is 2.81. The van der Waals surface area contributed by atoms with Gasteiger partial charge in [0, 0.05) is 31.7 Å². The topological polar surface area (TPSA) is 23.6 Å². The molecule has 1 fully saturated rings. The Bertz CT molecular complexity index is 1060. The predicted molar refractivity (Wildman–Crippen MR) is 118 cm³/mol. The third kappa shape index (κ3) is 4.86. The van der Waals surface area contributed by atoms with Gasteiger partial charge in [0.1, 0.15) is 0 Å². The van der Waals surface area contributed by atoms with Gasteiger partial charge in [-0.1, -0.05) is 66.2 Å². The van der Waals surface area contributed by atoms with Crippen LogP contribution in [0.15, 0.2) is 78.9 Å². The monoisotopic (exact) mass is 438 g/mol. The summed E-state index contributed by atoms with van der Waals surface area (Å²) >= 11 is 0. The highest BCUT2D eigenvalue weighted by Gasteiger charge is 2.32. The third-order valence-electron chi connectivity index (χ3n) is 5.91. The van der Waals surface area contributed by atoms with Crippen LogP contribution in [0.4, 0.5) is 13.2 Å². The highest BCUT2D eigenvalue weighted by Crippen LogP contribution is 2.31. The van der Waals surface area contributed by atoms with Crippen molar-refractivity contribution in [1.82, 2.24) is 9.80 Å². The number of aryl methyl sites for hydroxylation is 1. The summed E-state index contributed by atoms with van der Waals surface area (Å²) in [5, 5.41) is 0. The molecule has 0 N–H and O–H groups in total. The zero-order valence-electron chi connectivity index (χ0n) is 17.8. The number of benzene rings is 3. The van der Waals surface area contributed by atoms with Crippen LogP contribution in [0.5, 0.6) is 0 Å². The molecule has 1 saturated heterocycles. The Morgan fingerprint density at radius 1 is 0.812 bits per heavy atom. The van der Waals surface area contributed by atoms with Crippen molar-refractivity contribution < 1.29 is 18.0 Å². The summed E-state index contributed by atoms with van der Waals surface area (Å²) in [6.45, 7) is 4.25. The minimum absolute atomic E-state index is 0.0580. The summed E-state index contributed by atoms with van der Waals surface area (Å²) in [5.41, 5.74) is 2.82. The summed E-state index contributed by atoms with van der Waals surface area (Å²) in [6.07, 6.45) is -4.47. The first kappa shape index (κ1) is 22.1. The van der Waals surface area contributed by atoms with Crippen molar-refractivity contribution in [1.29, 1.82) is 0 Å². The van der Waals surface area contributed by atoms with Gasteiger partial charge < -0.3 is 4.90 Å². The van der Waals surface area contributed by atoms with Gasteiger partial charge in [-0.15, -0.1) is 0 Å². The maximum absolute atomic E-state index is 13.0. The lowest BCUT2D eigenvalue weighted by Crippen LogP contribution is -2.49. The molecule has 6 heteroatoms. The normalized spacial score (nSPS) is 16.1. The molecule has 0 unspecified atom stereocenters. The fourth-order valence-electron chi connectivity index (χ4n) is 4.19. The summed E-state index contributed by atoms with van der Waals surface area (Å²) in [6, 6.07) is 23.4. The molecule has 1 aliphatic heterocycles. The van der Waals surface area contributed by atoms with E-state index < -0.39 is 11.7 Å². The molecule has 1 aliphatic rings. The third-order valence-corrected chi connectivity index (χ3v) is 5.91. The largest absolute Gasteiger partial charge is 0.416 e. The van der Waals surface area contributed by atoms with Gasteiger partial charge in [0.15, 0.2) is 0 Å². The highest BCUT2D eigenvalue weighted by molar-refractivity contribution is 5.94. The van der Waals surface area contributed by atoms with E-state index >= 15 is 0 Å². The Hall–Kier alpha value is -3.12. The lowest BCUT2D eigenvalue weighted by Gasteiger charge is -2.40. The van der Waals surface area contributed by atoms with E-state index in [1.807, 2.05) is 18.2 Å². The van der Waals surface area contributed by atoms with Gasteiger partial charge in [-0.05, 0) is 36.2 Å². The molecule has 3 nitrogen and oxygen atoms in total. The van der Waals surface area contributed by atoms with Gasteiger partial charge in [-0.25, -0.2) is 0 Å². The van der Waals surface area contributed by atoms with Crippen LogP contribution in [0, 0.1) is 6.92 Å². The van der Waals surface area contributed by atoms with E-state index in [1.165, 1.54) is 28.8 Å². The summed E-state index contributed by atoms with van der Waals surface area (Å²) in [5.74, 6) is -0.359. The Morgan fingerprint density at radius 3 is 2.06 bits per heavy atom. The SMILES string of the molecule is Cc1ccc([C@@H](c2ccccc2)N2CCN(C(=O)c3cccc(C(F)(F)F)c3)CC2)cc1. The van der Waals surface area contributed by atoms with Crippen LogP contribution in [-0.2, 0) is 6.18 Å². The molecule has 3 aromatic rings. The number of alkyl halides is 3. The lowest BCUT2D eigenvalue weighted by molar-refractivity contribution is -0.137. The van der Waals surface area contributed by atoms with Crippen LogP contribution < -0.4 is 0 Å². The van der Waals surface area contributed by atoms with Crippen LogP contribution in [-0.4, -0.2) is 41.9 Å². The van der Waals surface area contributed by atoms with Crippen molar-refractivity contribution >= 4 is 5.91 Å². The maximum Gasteiger partial charge on any atom is 0.416 e. The summed E-state index contributed by atoms with van der Waals surface area (Å²) in [7, 11) is 0. The van der Waals surface area contributed by atoms with E-state index in [4.69, 9.17) is 0 Å². The van der Waals surface area contributed by atoms with Crippen LogP contribution in [0.2, 0.25) is 0 Å². The lowest BCUT2D eigenvalue weighted by atomic mass is 9.95. The number of halogens is 3. The van der Waals surface area contributed by atoms with Gasteiger partial charge in [-0.3, -0.25) is 9.69 Å². The van der Waals surface area contributed by atoms with Gasteiger partial charge in [-0.2, -0.15) is 13.2 Å². The number of piperazine rings is 1. The molecule has 166 valence electrons. The highest BCUT2D eigenvalue weighted by atomic mass is 19.4. The molecule has 0 spiro atoms. The Labute approximate surface area is 186 Å². The van der Waals surface area contributed by atoms with Gasteiger partial charge in [0.2, 0.25) is 0 Å². The Kier molecular flexibility index (Phi) is 6.33. The van der Waals surface area contributed by atoms with Gasteiger partial charge >= 0.3 is 6.18 Å². The van der Waals surface area contributed by atoms with Gasteiger partial charge in [0.05, 0.1) is 11.6 Å². The second-order valence-corrected chi connectivity index (χ2v) is 8.13. The first-order chi connectivity index (χ1) is 15.3. The van der Waals surface area contributed by atoms with Gasteiger partial charge in [0.25, 0.3) is 5.91 Å². The van der Waals surface area contributed by atoms with Crippen molar-refractivity contribution in [2.45, 2.75) is 19.1 Å². The Morgan fingerprint density at radius 2 is 1.44 bits per heavy atom. The molecule has 1 atom stereocenters. The van der Waals surface area contributed by atoms with E-state index in [1.54, 1.807) is 4.90 Å². The predicted octanol–water partition coefficient (Wildman–Crippen LogP) is 5.56. The van der Waals surface area contributed by atoms with Crippen molar-refractivity contribution in [3.05, 3.63) is 107 Å². The summed E-state index contributed by atoms with van der Waals surface area (Å²) < 4.78 is 39.1. The second kappa shape index (κ2) is 9.17. The minimum Gasteiger partial charge on any atom is -0.336 e. The van der Waals surface area contributed by atoms with Crippen molar-refractivity contribution in [3.63, 3.8) is 0 Å². The molecular weight excluding hydrogens is 413 g/mol. The fourth-order valence-corrected chi connectivity index (χ4v) is 4.19. The molecule has 0 bridgehead atoms. The van der Waals surface area contributed by atoms with Crippen LogP contribution >= 0.6 is 0 Å². The molecule has 32 heavy (non-hydrogen) atoms. The summed E-state index contributed by atoms with van der Waals surface area (Å²) in [4.78, 5) is 16.8. The van der Waals surface area contributed by atoms with Crippen molar-refractivity contribution in [2.75, 3.05) is 26.2 Å². The number of amides is 1. The molecule has 1 heterocycles. The number of hydrogen-bond acceptors (Lipinski definition) is 2. The molecule has 0 aromatic heterocycles. The smallest absolute Gasteiger partial charge is 0.336 e. The number of nitrogens with zero attached hydrogens (tertiary/aromatic N) is 2. The molecule has 0 saturated carbocycles. The fraction of sp³-hybridized carbons (Fsp3) is 0.269. The number of rotatable bonds is 4. The van der Waals surface area contributed by atoms with E-state index in [0.717, 1.165) is 12.1 Å². The van der Waals surface area contributed by atoms with Crippen molar-refractivity contribution in [2.24, 2.45) is 0 Å². The maximum atomic E-state index is 13.0. The van der Waals surface area contributed by atoms with Crippen LogP contribution in [0.3, 0.4) is 0 Å². The van der Waals surface area contributed by atoms with Crippen LogP contribution in [0.25, 0.3) is 0 Å². The van der Waals surface area contributed by atoms with E-state index in [9.17, 15) is 18.0 Å².